The van der Waals surface area contributed by atoms with E-state index in [9.17, 15) is 8.76 Å². The van der Waals surface area contributed by atoms with Crippen molar-refractivity contribution in [2.45, 2.75) is 71.8 Å². The molecule has 0 aliphatic carbocycles. The van der Waals surface area contributed by atoms with E-state index in [0.29, 0.717) is 6.42 Å². The van der Waals surface area contributed by atoms with Crippen LogP contribution in [-0.4, -0.2) is 12.3 Å². The van der Waals surface area contributed by atoms with Crippen LogP contribution in [0.3, 0.4) is 0 Å². The molecule has 0 rings (SSSR count). The van der Waals surface area contributed by atoms with Gasteiger partial charge in [-0.2, -0.15) is 4.20 Å². The quantitative estimate of drug-likeness (QED) is 0.388. The molecule has 0 aliphatic heterocycles. The number of hydrogen-bond acceptors (Lipinski definition) is 2. The van der Waals surface area contributed by atoms with Crippen molar-refractivity contribution in [2.75, 3.05) is 6.16 Å². The lowest BCUT2D eigenvalue weighted by Crippen LogP contribution is -2.00. The lowest BCUT2D eigenvalue weighted by Gasteiger charge is -2.12. The Hall–Kier alpha value is 0.120. The highest BCUT2D eigenvalue weighted by Crippen LogP contribution is 2.50. The lowest BCUT2D eigenvalue weighted by atomic mass is 10.1. The Balaban J connectivity index is 3.40. The summed E-state index contributed by atoms with van der Waals surface area (Å²) in [6, 6.07) is 0. The maximum atomic E-state index is 13.3. The summed E-state index contributed by atoms with van der Waals surface area (Å²) in [6.45, 7) is 5.59. The zero-order valence-electron chi connectivity index (χ0n) is 10.9. The summed E-state index contributed by atoms with van der Waals surface area (Å²) in [5, 5.41) is 0. The molecule has 0 N–H and O–H groups in total. The van der Waals surface area contributed by atoms with Gasteiger partial charge in [0.15, 0.2) is 0 Å². The van der Waals surface area contributed by atoms with E-state index in [-0.39, 0.29) is 12.3 Å². The maximum Gasteiger partial charge on any atom is 0.367 e. The number of halogens is 1. The molecule has 0 aliphatic rings. The van der Waals surface area contributed by atoms with Gasteiger partial charge in [0, 0.05) is 0 Å². The van der Waals surface area contributed by atoms with Gasteiger partial charge in [-0.05, 0) is 20.3 Å². The molecule has 0 fully saturated rings. The molecule has 0 aromatic heterocycles. The zero-order chi connectivity index (χ0) is 12.4. The largest absolute Gasteiger partial charge is 0.367 e. The Labute approximate surface area is 99.5 Å². The fourth-order valence-corrected chi connectivity index (χ4v) is 2.96. The molecule has 0 saturated heterocycles. The third-order valence-corrected chi connectivity index (χ3v) is 3.98. The molecule has 98 valence electrons. The van der Waals surface area contributed by atoms with Crippen LogP contribution < -0.4 is 0 Å². The standard InChI is InChI=1S/C12H26FO2P/c1-4-5-6-7-8-9-10-11-16(13,14)15-12(2)3/h12H,4-11H2,1-3H3. The van der Waals surface area contributed by atoms with Crippen molar-refractivity contribution in [1.82, 2.24) is 0 Å². The highest BCUT2D eigenvalue weighted by atomic mass is 31.2. The Morgan fingerprint density at radius 1 is 1.06 bits per heavy atom. The molecule has 0 bridgehead atoms. The van der Waals surface area contributed by atoms with Crippen LogP contribution in [0.15, 0.2) is 0 Å². The van der Waals surface area contributed by atoms with E-state index in [1.807, 2.05) is 0 Å². The number of hydrogen-bond donors (Lipinski definition) is 0. The van der Waals surface area contributed by atoms with E-state index in [2.05, 4.69) is 6.92 Å². The van der Waals surface area contributed by atoms with Gasteiger partial charge >= 0.3 is 7.68 Å². The second kappa shape index (κ2) is 9.18. The van der Waals surface area contributed by atoms with Gasteiger partial charge < -0.3 is 4.52 Å². The molecule has 1 unspecified atom stereocenters. The van der Waals surface area contributed by atoms with E-state index in [4.69, 9.17) is 4.52 Å². The van der Waals surface area contributed by atoms with Crippen molar-refractivity contribution in [3.05, 3.63) is 0 Å². The maximum absolute atomic E-state index is 13.3. The van der Waals surface area contributed by atoms with Crippen molar-refractivity contribution in [2.24, 2.45) is 0 Å². The zero-order valence-corrected chi connectivity index (χ0v) is 11.8. The van der Waals surface area contributed by atoms with Crippen LogP contribution >= 0.6 is 7.68 Å². The monoisotopic (exact) mass is 252 g/mol. The topological polar surface area (TPSA) is 26.3 Å². The van der Waals surface area contributed by atoms with Crippen LogP contribution in [0.1, 0.15) is 65.7 Å². The molecule has 16 heavy (non-hydrogen) atoms. The van der Waals surface area contributed by atoms with Crippen molar-refractivity contribution >= 4 is 7.68 Å². The minimum absolute atomic E-state index is 0.0823. The van der Waals surface area contributed by atoms with Crippen LogP contribution in [-0.2, 0) is 9.09 Å². The summed E-state index contributed by atoms with van der Waals surface area (Å²) < 4.78 is 29.3. The minimum Gasteiger partial charge on any atom is -0.303 e. The first-order valence-corrected chi connectivity index (χ1v) is 8.15. The SMILES string of the molecule is CCCCCCCCCP(=O)(F)OC(C)C. The van der Waals surface area contributed by atoms with Gasteiger partial charge in [-0.25, -0.2) is 0 Å². The molecule has 0 saturated carbocycles. The van der Waals surface area contributed by atoms with Gasteiger partial charge in [-0.15, -0.1) is 0 Å². The molecule has 0 spiro atoms. The Kier molecular flexibility index (Phi) is 9.25. The first-order valence-electron chi connectivity index (χ1n) is 6.45. The van der Waals surface area contributed by atoms with Gasteiger partial charge in [0.2, 0.25) is 0 Å². The molecular formula is C12H26FO2P. The summed E-state index contributed by atoms with van der Waals surface area (Å²) in [5.74, 6) is 0. The molecular weight excluding hydrogens is 226 g/mol. The Bertz CT molecular complexity index is 207. The molecule has 2 nitrogen and oxygen atoms in total. The second-order valence-electron chi connectivity index (χ2n) is 4.59. The third kappa shape index (κ3) is 10.6. The summed E-state index contributed by atoms with van der Waals surface area (Å²) in [7, 11) is -3.81. The van der Waals surface area contributed by atoms with Crippen LogP contribution in [0.5, 0.6) is 0 Å². The van der Waals surface area contributed by atoms with E-state index in [0.717, 1.165) is 12.8 Å². The molecule has 0 amide bonds. The fraction of sp³-hybridized carbons (Fsp3) is 1.00. The molecule has 0 aromatic rings. The van der Waals surface area contributed by atoms with E-state index >= 15 is 0 Å². The molecule has 0 radical (unpaired) electrons. The average molecular weight is 252 g/mol. The van der Waals surface area contributed by atoms with Crippen LogP contribution in [0.4, 0.5) is 4.20 Å². The van der Waals surface area contributed by atoms with Crippen LogP contribution in [0, 0.1) is 0 Å². The summed E-state index contributed by atoms with van der Waals surface area (Å²) in [5.41, 5.74) is 0. The molecule has 4 heteroatoms. The van der Waals surface area contributed by atoms with Crippen LogP contribution in [0.25, 0.3) is 0 Å². The van der Waals surface area contributed by atoms with Gasteiger partial charge in [0.1, 0.15) is 0 Å². The van der Waals surface area contributed by atoms with Crippen molar-refractivity contribution < 1.29 is 13.3 Å². The lowest BCUT2D eigenvalue weighted by molar-refractivity contribution is 0.223. The summed E-state index contributed by atoms with van der Waals surface area (Å²) >= 11 is 0. The predicted molar refractivity (Wildman–Crippen MR) is 67.8 cm³/mol. The van der Waals surface area contributed by atoms with Gasteiger partial charge in [0.05, 0.1) is 12.3 Å². The van der Waals surface area contributed by atoms with E-state index in [1.54, 1.807) is 13.8 Å². The smallest absolute Gasteiger partial charge is 0.303 e. The van der Waals surface area contributed by atoms with Crippen molar-refractivity contribution in [3.8, 4) is 0 Å². The summed E-state index contributed by atoms with van der Waals surface area (Å²) in [6.07, 6.45) is 7.51. The normalized spacial score (nSPS) is 15.3. The van der Waals surface area contributed by atoms with Crippen LogP contribution in [0.2, 0.25) is 0 Å². The Morgan fingerprint density at radius 2 is 1.56 bits per heavy atom. The average Bonchev–Trinajstić information content (AvgIpc) is 2.14. The number of unbranched alkanes of at least 4 members (excludes halogenated alkanes) is 6. The van der Waals surface area contributed by atoms with Gasteiger partial charge in [0.25, 0.3) is 0 Å². The van der Waals surface area contributed by atoms with Gasteiger partial charge in [-0.1, -0.05) is 45.4 Å². The molecule has 0 aromatic carbocycles. The van der Waals surface area contributed by atoms with E-state index in [1.165, 1.54) is 25.7 Å². The second-order valence-corrected chi connectivity index (χ2v) is 6.43. The third-order valence-electron chi connectivity index (χ3n) is 2.40. The highest BCUT2D eigenvalue weighted by molar-refractivity contribution is 7.53. The molecule has 1 atom stereocenters. The Morgan fingerprint density at radius 3 is 2.06 bits per heavy atom. The predicted octanol–water partition coefficient (Wildman–Crippen LogP) is 5.32. The molecule has 0 heterocycles. The first kappa shape index (κ1) is 16.1. The first-order chi connectivity index (χ1) is 7.48. The fourth-order valence-electron chi connectivity index (χ4n) is 1.63. The van der Waals surface area contributed by atoms with Crippen molar-refractivity contribution in [3.63, 3.8) is 0 Å². The summed E-state index contributed by atoms with van der Waals surface area (Å²) in [4.78, 5) is 0. The van der Waals surface area contributed by atoms with Crippen molar-refractivity contribution in [1.29, 1.82) is 0 Å². The minimum atomic E-state index is -3.81. The number of rotatable bonds is 10. The van der Waals surface area contributed by atoms with E-state index < -0.39 is 7.68 Å². The highest BCUT2D eigenvalue weighted by Gasteiger charge is 2.22. The van der Waals surface area contributed by atoms with Gasteiger partial charge in [-0.3, -0.25) is 4.57 Å².